The molecule has 0 aromatic heterocycles. The zero-order chi connectivity index (χ0) is 27.3. The molecule has 4 atom stereocenters. The van der Waals surface area contributed by atoms with E-state index >= 15 is 0 Å². The summed E-state index contributed by atoms with van der Waals surface area (Å²) in [6, 6.07) is 9.25. The van der Waals surface area contributed by atoms with Gasteiger partial charge in [-0.2, -0.15) is 8.78 Å². The first-order valence-corrected chi connectivity index (χ1v) is 13.4. The van der Waals surface area contributed by atoms with Crippen LogP contribution in [-0.2, 0) is 25.7 Å². The standard InChI is InChI=1S/C31H42F2O4/c1-5-6-20-31(32,33)29(36-22-25-14-10-9-11-15-25)19-18-26-24(4)21-28(34)27(26)16-12-7-8-13-17-30(35)37-23(2)3/h6-7,9-12,14-15,18-20,23-24,26-27,29H,5,8,13,16-17,21-22H2,1-4H3/b12-7-,19-18+,20-6+/t24-,26+,27-,29?/m1/s1. The largest absolute Gasteiger partial charge is 0.463 e. The highest BCUT2D eigenvalue weighted by molar-refractivity contribution is 5.84. The van der Waals surface area contributed by atoms with Crippen LogP contribution in [0.5, 0.6) is 0 Å². The third kappa shape index (κ3) is 10.7. The quantitative estimate of drug-likeness (QED) is 0.137. The number of rotatable bonds is 15. The van der Waals surface area contributed by atoms with Crippen LogP contribution in [0.15, 0.2) is 66.8 Å². The van der Waals surface area contributed by atoms with Crippen molar-refractivity contribution in [3.8, 4) is 0 Å². The van der Waals surface area contributed by atoms with Crippen molar-refractivity contribution in [3.05, 3.63) is 72.4 Å². The van der Waals surface area contributed by atoms with Gasteiger partial charge in [-0.25, -0.2) is 0 Å². The second kappa shape index (κ2) is 15.6. The molecule has 1 unspecified atom stereocenters. The highest BCUT2D eigenvalue weighted by Crippen LogP contribution is 2.38. The lowest BCUT2D eigenvalue weighted by atomic mass is 9.87. The van der Waals surface area contributed by atoms with E-state index in [0.29, 0.717) is 32.1 Å². The number of carbonyl (C=O) groups is 2. The Morgan fingerprint density at radius 2 is 1.89 bits per heavy atom. The molecule has 0 radical (unpaired) electrons. The van der Waals surface area contributed by atoms with E-state index < -0.39 is 12.0 Å². The van der Waals surface area contributed by atoms with Gasteiger partial charge in [-0.1, -0.05) is 74.6 Å². The Kier molecular flexibility index (Phi) is 12.9. The molecule has 1 aliphatic carbocycles. The van der Waals surface area contributed by atoms with Gasteiger partial charge in [0.1, 0.15) is 11.9 Å². The molecule has 0 saturated heterocycles. The van der Waals surface area contributed by atoms with Crippen molar-refractivity contribution in [3.63, 3.8) is 0 Å². The first-order chi connectivity index (χ1) is 17.6. The zero-order valence-corrected chi connectivity index (χ0v) is 22.6. The fraction of sp³-hybridized carbons (Fsp3) is 0.548. The van der Waals surface area contributed by atoms with E-state index in [0.717, 1.165) is 18.1 Å². The van der Waals surface area contributed by atoms with Crippen LogP contribution in [0, 0.1) is 17.8 Å². The molecule has 204 valence electrons. The molecule has 6 heteroatoms. The van der Waals surface area contributed by atoms with Crippen LogP contribution in [-0.4, -0.2) is 29.9 Å². The van der Waals surface area contributed by atoms with Crippen LogP contribution >= 0.6 is 0 Å². The Labute approximate surface area is 220 Å². The lowest BCUT2D eigenvalue weighted by Crippen LogP contribution is -2.32. The number of carbonyl (C=O) groups excluding carboxylic acids is 2. The monoisotopic (exact) mass is 516 g/mol. The molecule has 1 aromatic rings. The van der Waals surface area contributed by atoms with Crippen molar-refractivity contribution in [2.75, 3.05) is 0 Å². The number of allylic oxidation sites excluding steroid dienone is 4. The Hall–Kier alpha value is -2.60. The maximum atomic E-state index is 15.0. The van der Waals surface area contributed by atoms with Crippen molar-refractivity contribution in [1.29, 1.82) is 0 Å². The number of hydrogen-bond acceptors (Lipinski definition) is 4. The minimum atomic E-state index is -3.17. The molecule has 37 heavy (non-hydrogen) atoms. The topological polar surface area (TPSA) is 52.6 Å². The summed E-state index contributed by atoms with van der Waals surface area (Å²) in [5, 5.41) is 0. The predicted octanol–water partition coefficient (Wildman–Crippen LogP) is 7.64. The molecule has 0 spiro atoms. The number of ketones is 1. The zero-order valence-electron chi connectivity index (χ0n) is 22.6. The minimum absolute atomic E-state index is 0.0709. The van der Waals surface area contributed by atoms with Crippen molar-refractivity contribution < 1.29 is 27.8 Å². The molecule has 1 aromatic carbocycles. The highest BCUT2D eigenvalue weighted by Gasteiger charge is 2.40. The summed E-state index contributed by atoms with van der Waals surface area (Å²) in [6.45, 7) is 7.52. The van der Waals surface area contributed by atoms with E-state index in [1.54, 1.807) is 6.08 Å². The Morgan fingerprint density at radius 1 is 1.16 bits per heavy atom. The predicted molar refractivity (Wildman–Crippen MR) is 143 cm³/mol. The first-order valence-electron chi connectivity index (χ1n) is 13.4. The smallest absolute Gasteiger partial charge is 0.306 e. The number of alkyl halides is 2. The highest BCUT2D eigenvalue weighted by atomic mass is 19.3. The molecule has 1 aliphatic rings. The van der Waals surface area contributed by atoms with Gasteiger partial charge in [-0.05, 0) is 63.0 Å². The average molecular weight is 517 g/mol. The molecule has 0 aliphatic heterocycles. The van der Waals surface area contributed by atoms with Crippen molar-refractivity contribution in [1.82, 2.24) is 0 Å². The number of esters is 1. The molecule has 0 bridgehead atoms. The Bertz CT molecular complexity index is 920. The second-order valence-electron chi connectivity index (χ2n) is 10.1. The Balaban J connectivity index is 2.03. The van der Waals surface area contributed by atoms with Gasteiger partial charge in [0.15, 0.2) is 0 Å². The summed E-state index contributed by atoms with van der Waals surface area (Å²) < 4.78 is 40.8. The molecule has 0 heterocycles. The van der Waals surface area contributed by atoms with Crippen molar-refractivity contribution in [2.24, 2.45) is 17.8 Å². The lowest BCUT2D eigenvalue weighted by molar-refractivity contribution is -0.147. The van der Waals surface area contributed by atoms with Gasteiger partial charge in [-0.15, -0.1) is 0 Å². The summed E-state index contributed by atoms with van der Waals surface area (Å²) in [5.74, 6) is -3.52. The molecule has 0 N–H and O–H groups in total. The van der Waals surface area contributed by atoms with Gasteiger partial charge >= 0.3 is 5.97 Å². The van der Waals surface area contributed by atoms with Gasteiger partial charge < -0.3 is 9.47 Å². The molecule has 1 saturated carbocycles. The van der Waals surface area contributed by atoms with Gasteiger partial charge in [0.2, 0.25) is 0 Å². The van der Waals surface area contributed by atoms with E-state index in [1.165, 1.54) is 12.2 Å². The van der Waals surface area contributed by atoms with E-state index in [9.17, 15) is 18.4 Å². The molecule has 0 amide bonds. The number of ether oxygens (including phenoxy) is 2. The van der Waals surface area contributed by atoms with E-state index in [4.69, 9.17) is 9.47 Å². The third-order valence-corrected chi connectivity index (χ3v) is 6.47. The number of Topliss-reactive ketones (excluding diaryl/α,β-unsaturated/α-hetero) is 1. The summed E-state index contributed by atoms with van der Waals surface area (Å²) in [5.41, 5.74) is 0.820. The van der Waals surface area contributed by atoms with Crippen LogP contribution < -0.4 is 0 Å². The molecule has 1 fully saturated rings. The van der Waals surface area contributed by atoms with Crippen LogP contribution in [0.3, 0.4) is 0 Å². The maximum Gasteiger partial charge on any atom is 0.306 e. The van der Waals surface area contributed by atoms with E-state index in [-0.39, 0.29) is 42.2 Å². The summed E-state index contributed by atoms with van der Waals surface area (Å²) >= 11 is 0. The first kappa shape index (κ1) is 30.6. The number of hydrogen-bond donors (Lipinski definition) is 0. The van der Waals surface area contributed by atoms with Crippen molar-refractivity contribution >= 4 is 11.8 Å². The van der Waals surface area contributed by atoms with Gasteiger partial charge in [-0.3, -0.25) is 9.59 Å². The fourth-order valence-electron chi connectivity index (χ4n) is 4.53. The number of halogens is 2. The average Bonchev–Trinajstić information content (AvgIpc) is 3.11. The van der Waals surface area contributed by atoms with Gasteiger partial charge in [0, 0.05) is 18.8 Å². The third-order valence-electron chi connectivity index (χ3n) is 6.47. The molecule has 2 rings (SSSR count). The minimum Gasteiger partial charge on any atom is -0.463 e. The SMILES string of the molecule is CC/C=C/C(F)(F)C(/C=C/[C@H]1[C@H](C)CC(=O)[C@@H]1C/C=C\CCCC(=O)OC(C)C)OCc1ccccc1. The summed E-state index contributed by atoms with van der Waals surface area (Å²) in [7, 11) is 0. The summed E-state index contributed by atoms with van der Waals surface area (Å²) in [4.78, 5) is 24.3. The number of unbranched alkanes of at least 4 members (excludes halogenated alkanes) is 1. The van der Waals surface area contributed by atoms with Gasteiger partial charge in [0.05, 0.1) is 12.7 Å². The van der Waals surface area contributed by atoms with Gasteiger partial charge in [0.25, 0.3) is 5.92 Å². The van der Waals surface area contributed by atoms with E-state index in [1.807, 2.05) is 70.2 Å². The molecule has 4 nitrogen and oxygen atoms in total. The summed E-state index contributed by atoms with van der Waals surface area (Å²) in [6.07, 6.45) is 11.2. The lowest BCUT2D eigenvalue weighted by Gasteiger charge is -2.24. The van der Waals surface area contributed by atoms with Crippen LogP contribution in [0.25, 0.3) is 0 Å². The van der Waals surface area contributed by atoms with Crippen LogP contribution in [0.2, 0.25) is 0 Å². The normalized spacial score (nSPS) is 21.6. The van der Waals surface area contributed by atoms with E-state index in [2.05, 4.69) is 0 Å². The fourth-order valence-corrected chi connectivity index (χ4v) is 4.53. The van der Waals surface area contributed by atoms with Crippen LogP contribution in [0.4, 0.5) is 8.78 Å². The van der Waals surface area contributed by atoms with Crippen molar-refractivity contribution in [2.45, 2.75) is 91.0 Å². The van der Waals surface area contributed by atoms with Crippen LogP contribution in [0.1, 0.15) is 71.8 Å². The second-order valence-corrected chi connectivity index (χ2v) is 10.1. The molecular weight excluding hydrogens is 474 g/mol. The maximum absolute atomic E-state index is 15.0. The molecular formula is C31H42F2O4. The Morgan fingerprint density at radius 3 is 2.57 bits per heavy atom. The number of benzene rings is 1.